The molecule has 10 heteroatoms. The van der Waals surface area contributed by atoms with Gasteiger partial charge in [0.05, 0.1) is 42.2 Å². The fraction of sp³-hybridized carbons (Fsp3) is 1.00. The van der Waals surface area contributed by atoms with Gasteiger partial charge in [-0.25, -0.2) is 0 Å². The molecule has 264 valence electrons. The van der Waals surface area contributed by atoms with Crippen molar-refractivity contribution in [3.05, 3.63) is 0 Å². The lowest BCUT2D eigenvalue weighted by molar-refractivity contribution is -0.331. The SMILES string of the molecule is CC(C)(O)[C@@H]1CCC(C)([C@H]2[C@@H](O)C[C@@]3(C)C4C[C@H](OC5OC(CO)C(O)C(O)C5O)C5C(C)(C)[C@@H](O)CC[C@@]56C[C@@]46CC[C@]23C)O1. The van der Waals surface area contributed by atoms with E-state index >= 15 is 0 Å². The summed E-state index contributed by atoms with van der Waals surface area (Å²) in [6, 6.07) is 0. The Morgan fingerprint density at radius 1 is 0.804 bits per heavy atom. The van der Waals surface area contributed by atoms with Crippen molar-refractivity contribution in [3.8, 4) is 0 Å². The van der Waals surface area contributed by atoms with Gasteiger partial charge in [-0.3, -0.25) is 0 Å². The molecule has 2 spiro atoms. The van der Waals surface area contributed by atoms with Crippen LogP contribution in [0.5, 0.6) is 0 Å². The van der Waals surface area contributed by atoms with Gasteiger partial charge in [0.25, 0.3) is 0 Å². The summed E-state index contributed by atoms with van der Waals surface area (Å²) in [5, 5.41) is 76.2. The van der Waals surface area contributed by atoms with Crippen molar-refractivity contribution in [2.75, 3.05) is 6.61 Å². The maximum atomic E-state index is 12.0. The molecular formula is C36H60O10. The topological polar surface area (TPSA) is 169 Å². The second-order valence-electron chi connectivity index (χ2n) is 18.7. The van der Waals surface area contributed by atoms with Crippen molar-refractivity contribution in [1.29, 1.82) is 0 Å². The lowest BCUT2D eigenvalue weighted by Gasteiger charge is -2.65. The summed E-state index contributed by atoms with van der Waals surface area (Å²) >= 11 is 0. The molecule has 0 aromatic heterocycles. The fourth-order valence-electron chi connectivity index (χ4n) is 13.6. The Morgan fingerprint density at radius 2 is 1.50 bits per heavy atom. The first kappa shape index (κ1) is 34.1. The maximum Gasteiger partial charge on any atom is 0.186 e. The third-order valence-corrected chi connectivity index (χ3v) is 15.9. The highest BCUT2D eigenvalue weighted by Crippen LogP contribution is 2.89. The zero-order valence-corrected chi connectivity index (χ0v) is 28.9. The van der Waals surface area contributed by atoms with Crippen LogP contribution >= 0.6 is 0 Å². The Hall–Kier alpha value is -0.400. The highest BCUT2D eigenvalue weighted by Gasteiger charge is 2.85. The Kier molecular flexibility index (Phi) is 7.65. The Labute approximate surface area is 273 Å². The normalized spacial score (nSPS) is 59.3. The predicted octanol–water partition coefficient (Wildman–Crippen LogP) is 2.26. The van der Waals surface area contributed by atoms with Crippen LogP contribution in [-0.2, 0) is 14.2 Å². The Bertz CT molecular complexity index is 1200. The van der Waals surface area contributed by atoms with E-state index in [1.165, 1.54) is 0 Å². The van der Waals surface area contributed by atoms with Crippen molar-refractivity contribution in [2.45, 2.75) is 173 Å². The summed E-state index contributed by atoms with van der Waals surface area (Å²) in [6.07, 6.45) is -1.07. The van der Waals surface area contributed by atoms with E-state index < -0.39 is 72.2 Å². The number of aliphatic hydroxyl groups is 7. The number of rotatable bonds is 5. The van der Waals surface area contributed by atoms with Gasteiger partial charge < -0.3 is 50.0 Å². The molecule has 0 bridgehead atoms. The highest BCUT2D eigenvalue weighted by molar-refractivity contribution is 5.33. The molecule has 7 aliphatic rings. The average Bonchev–Trinajstić information content (AvgIpc) is 3.33. The van der Waals surface area contributed by atoms with Crippen LogP contribution in [0.25, 0.3) is 0 Å². The van der Waals surface area contributed by atoms with E-state index in [1.807, 2.05) is 0 Å². The molecule has 7 N–H and O–H groups in total. The van der Waals surface area contributed by atoms with Crippen molar-refractivity contribution in [1.82, 2.24) is 0 Å². The predicted molar refractivity (Wildman–Crippen MR) is 167 cm³/mol. The summed E-state index contributed by atoms with van der Waals surface area (Å²) in [6.45, 7) is 14.2. The highest BCUT2D eigenvalue weighted by atomic mass is 16.7. The molecule has 5 aliphatic carbocycles. The van der Waals surface area contributed by atoms with E-state index in [0.717, 1.165) is 38.5 Å². The van der Waals surface area contributed by atoms with Crippen LogP contribution in [0.15, 0.2) is 0 Å². The number of aliphatic hydroxyl groups excluding tert-OH is 6. The van der Waals surface area contributed by atoms with Gasteiger partial charge in [0, 0.05) is 5.92 Å². The van der Waals surface area contributed by atoms with Crippen molar-refractivity contribution in [3.63, 3.8) is 0 Å². The molecule has 0 radical (unpaired) electrons. The molecule has 2 heterocycles. The van der Waals surface area contributed by atoms with E-state index in [-0.39, 0.29) is 45.5 Å². The van der Waals surface area contributed by atoms with Crippen LogP contribution in [0.4, 0.5) is 0 Å². The minimum absolute atomic E-state index is 0.0225. The van der Waals surface area contributed by atoms with Gasteiger partial charge in [-0.05, 0) is 117 Å². The van der Waals surface area contributed by atoms with Gasteiger partial charge in [-0.1, -0.05) is 27.7 Å². The standard InChI is InChI=1S/C36H60O10/c1-30(2)22(39)8-11-36-17-35(36)13-12-32(5)27(34(7)10-9-23(46-34)31(3,4)43)18(38)15-33(32,6)21(35)14-19(28(30)36)44-29-26(42)25(41)24(40)20(16-37)45-29/h18-29,37-43H,8-17H2,1-7H3/t18-,19-,20?,21?,22-,23-,24?,25?,26?,27-,28?,29?,32+,33-,34?,35-,36+/m0/s1. The van der Waals surface area contributed by atoms with Gasteiger partial charge in [-0.15, -0.1) is 0 Å². The van der Waals surface area contributed by atoms with Crippen LogP contribution in [0.1, 0.15) is 106 Å². The van der Waals surface area contributed by atoms with E-state index in [0.29, 0.717) is 19.3 Å². The average molecular weight is 653 g/mol. The summed E-state index contributed by atoms with van der Waals surface area (Å²) in [4.78, 5) is 0. The van der Waals surface area contributed by atoms with E-state index in [2.05, 4.69) is 34.6 Å². The lowest BCUT2D eigenvalue weighted by atomic mass is 9.41. The van der Waals surface area contributed by atoms with Crippen molar-refractivity contribution in [2.24, 2.45) is 44.8 Å². The number of fused-ring (bicyclic) bond motifs is 2. The number of hydrogen-bond donors (Lipinski definition) is 7. The largest absolute Gasteiger partial charge is 0.394 e. The zero-order valence-electron chi connectivity index (χ0n) is 28.9. The molecule has 7 fully saturated rings. The second kappa shape index (κ2) is 10.3. The summed E-state index contributed by atoms with van der Waals surface area (Å²) < 4.78 is 19.4. The maximum absolute atomic E-state index is 12.0. The zero-order chi connectivity index (χ0) is 33.6. The van der Waals surface area contributed by atoms with E-state index in [9.17, 15) is 35.7 Å². The van der Waals surface area contributed by atoms with Gasteiger partial charge >= 0.3 is 0 Å². The number of ether oxygens (including phenoxy) is 3. The third kappa shape index (κ3) is 4.24. The molecular weight excluding hydrogens is 592 g/mol. The Balaban J connectivity index is 1.26. The van der Waals surface area contributed by atoms with Gasteiger partial charge in [0.1, 0.15) is 24.4 Å². The van der Waals surface area contributed by atoms with Crippen LogP contribution < -0.4 is 0 Å². The third-order valence-electron chi connectivity index (χ3n) is 15.9. The summed E-state index contributed by atoms with van der Waals surface area (Å²) in [7, 11) is 0. The quantitative estimate of drug-likeness (QED) is 0.219. The molecule has 0 amide bonds. The van der Waals surface area contributed by atoms with Gasteiger partial charge in [0.15, 0.2) is 6.29 Å². The van der Waals surface area contributed by atoms with Gasteiger partial charge in [0.2, 0.25) is 0 Å². The monoisotopic (exact) mass is 652 g/mol. The molecule has 0 aromatic rings. The van der Waals surface area contributed by atoms with Crippen LogP contribution in [-0.4, -0.2) is 109 Å². The first-order valence-electron chi connectivity index (χ1n) is 17.9. The number of hydrogen-bond acceptors (Lipinski definition) is 10. The molecule has 17 atom stereocenters. The first-order chi connectivity index (χ1) is 21.2. The lowest BCUT2D eigenvalue weighted by Crippen LogP contribution is -2.64. The fourth-order valence-corrected chi connectivity index (χ4v) is 13.6. The van der Waals surface area contributed by atoms with E-state index in [4.69, 9.17) is 14.2 Å². The molecule has 0 aromatic carbocycles. The molecule has 2 saturated heterocycles. The van der Waals surface area contributed by atoms with Gasteiger partial charge in [-0.2, -0.15) is 0 Å². The minimum Gasteiger partial charge on any atom is -0.394 e. The summed E-state index contributed by atoms with van der Waals surface area (Å²) in [5.41, 5.74) is -2.50. The minimum atomic E-state index is -1.53. The first-order valence-corrected chi connectivity index (χ1v) is 17.9. The molecule has 46 heavy (non-hydrogen) atoms. The second-order valence-corrected chi connectivity index (χ2v) is 18.7. The Morgan fingerprint density at radius 3 is 2.13 bits per heavy atom. The molecule has 10 nitrogen and oxygen atoms in total. The molecule has 2 aliphatic heterocycles. The van der Waals surface area contributed by atoms with Crippen LogP contribution in [0.3, 0.4) is 0 Å². The molecule has 5 saturated carbocycles. The van der Waals surface area contributed by atoms with E-state index in [1.54, 1.807) is 13.8 Å². The smallest absolute Gasteiger partial charge is 0.186 e. The van der Waals surface area contributed by atoms with Crippen molar-refractivity contribution >= 4 is 0 Å². The van der Waals surface area contributed by atoms with Crippen molar-refractivity contribution < 1.29 is 50.0 Å². The molecule has 7 rings (SSSR count). The van der Waals surface area contributed by atoms with Crippen LogP contribution in [0.2, 0.25) is 0 Å². The molecule has 8 unspecified atom stereocenters. The van der Waals surface area contributed by atoms with Crippen LogP contribution in [0, 0.1) is 44.8 Å². The summed E-state index contributed by atoms with van der Waals surface area (Å²) in [5.74, 6) is 0.0768.